The van der Waals surface area contributed by atoms with Crippen LogP contribution in [0.2, 0.25) is 0 Å². The number of anilines is 1. The molecule has 2 rings (SSSR count). The Kier molecular flexibility index (Phi) is 4.59. The van der Waals surface area contributed by atoms with Crippen molar-refractivity contribution in [3.63, 3.8) is 0 Å². The topological polar surface area (TPSA) is 81.7 Å². The lowest BCUT2D eigenvalue weighted by Gasteiger charge is -2.20. The van der Waals surface area contributed by atoms with Gasteiger partial charge in [-0.1, -0.05) is 6.92 Å². The lowest BCUT2D eigenvalue weighted by molar-refractivity contribution is 0.270. The summed E-state index contributed by atoms with van der Waals surface area (Å²) in [7, 11) is 0. The van der Waals surface area contributed by atoms with Crippen LogP contribution in [0.4, 0.5) is 5.69 Å². The molecule has 0 fully saturated rings. The van der Waals surface area contributed by atoms with E-state index in [4.69, 9.17) is 11.0 Å². The zero-order valence-electron chi connectivity index (χ0n) is 12.1. The Balaban J connectivity index is 1.99. The molecular weight excluding hydrogens is 250 g/mol. The number of nitrogens with zero attached hydrogens (tertiary/aromatic N) is 3. The normalized spacial score (nSPS) is 12.7. The molecule has 0 bridgehead atoms. The van der Waals surface area contributed by atoms with Crippen LogP contribution in [0, 0.1) is 17.2 Å². The van der Waals surface area contributed by atoms with Crippen LogP contribution in [-0.4, -0.2) is 34.5 Å². The van der Waals surface area contributed by atoms with E-state index in [1.165, 1.54) is 0 Å². The number of nitrogen functional groups attached to an aromatic ring is 1. The van der Waals surface area contributed by atoms with E-state index in [-0.39, 0.29) is 5.92 Å². The Labute approximate surface area is 119 Å². The largest absolute Gasteiger partial charge is 0.399 e. The quantitative estimate of drug-likeness (QED) is 0.789. The number of H-pyrrole nitrogens is 1. The van der Waals surface area contributed by atoms with Crippen LogP contribution < -0.4 is 5.73 Å². The molecule has 0 aliphatic carbocycles. The van der Waals surface area contributed by atoms with E-state index in [1.54, 1.807) is 0 Å². The highest BCUT2D eigenvalue weighted by molar-refractivity contribution is 5.78. The van der Waals surface area contributed by atoms with Crippen LogP contribution in [0.3, 0.4) is 0 Å². The van der Waals surface area contributed by atoms with Crippen molar-refractivity contribution in [1.82, 2.24) is 14.9 Å². The molecule has 0 aliphatic heterocycles. The van der Waals surface area contributed by atoms with Gasteiger partial charge in [0.15, 0.2) is 0 Å². The minimum atomic E-state index is 0.0606. The predicted octanol–water partition coefficient (Wildman–Crippen LogP) is 2.17. The molecule has 0 aliphatic rings. The SMILES string of the molecule is CCN(CCc1nc2ccc(N)cc2[nH]1)CC(C)C#N. The average molecular weight is 271 g/mol. The molecule has 0 saturated heterocycles. The highest BCUT2D eigenvalue weighted by Gasteiger charge is 2.09. The van der Waals surface area contributed by atoms with Crippen molar-refractivity contribution < 1.29 is 0 Å². The molecule has 0 radical (unpaired) electrons. The summed E-state index contributed by atoms with van der Waals surface area (Å²) in [5.41, 5.74) is 8.43. The van der Waals surface area contributed by atoms with E-state index >= 15 is 0 Å². The molecule has 1 atom stereocenters. The first-order chi connectivity index (χ1) is 9.62. The van der Waals surface area contributed by atoms with Gasteiger partial charge < -0.3 is 15.6 Å². The number of nitrogens with one attached hydrogen (secondary N) is 1. The standard InChI is InChI=1S/C15H21N5/c1-3-20(10-11(2)9-16)7-6-15-18-13-5-4-12(17)8-14(13)19-15/h4-5,8,11H,3,6-7,10,17H2,1-2H3,(H,18,19). The summed E-state index contributed by atoms with van der Waals surface area (Å²) in [5.74, 6) is 1.03. The van der Waals surface area contributed by atoms with Crippen molar-refractivity contribution in [2.24, 2.45) is 5.92 Å². The molecule has 2 aromatic rings. The second-order valence-electron chi connectivity index (χ2n) is 5.13. The maximum atomic E-state index is 8.88. The summed E-state index contributed by atoms with van der Waals surface area (Å²) < 4.78 is 0. The summed E-state index contributed by atoms with van der Waals surface area (Å²) in [6.45, 7) is 6.72. The van der Waals surface area contributed by atoms with Crippen molar-refractivity contribution in [2.75, 3.05) is 25.4 Å². The number of fused-ring (bicyclic) bond motifs is 1. The number of likely N-dealkylation sites (N-methyl/N-ethyl adjacent to an activating group) is 1. The third kappa shape index (κ3) is 3.49. The minimum Gasteiger partial charge on any atom is -0.399 e. The summed E-state index contributed by atoms with van der Waals surface area (Å²) in [5, 5.41) is 8.88. The number of imidazole rings is 1. The van der Waals surface area contributed by atoms with E-state index in [2.05, 4.69) is 27.9 Å². The number of rotatable bonds is 6. The molecule has 3 N–H and O–H groups in total. The average Bonchev–Trinajstić information content (AvgIpc) is 2.84. The van der Waals surface area contributed by atoms with E-state index in [9.17, 15) is 0 Å². The zero-order valence-corrected chi connectivity index (χ0v) is 12.1. The molecule has 20 heavy (non-hydrogen) atoms. The van der Waals surface area contributed by atoms with Crippen LogP contribution in [-0.2, 0) is 6.42 Å². The zero-order chi connectivity index (χ0) is 14.5. The molecular formula is C15H21N5. The van der Waals surface area contributed by atoms with E-state index in [1.807, 2.05) is 25.1 Å². The fourth-order valence-electron chi connectivity index (χ4n) is 2.27. The number of nitriles is 1. The fourth-order valence-corrected chi connectivity index (χ4v) is 2.27. The van der Waals surface area contributed by atoms with Gasteiger partial charge in [0.2, 0.25) is 0 Å². The van der Waals surface area contributed by atoms with Crippen molar-refractivity contribution in [3.05, 3.63) is 24.0 Å². The monoisotopic (exact) mass is 271 g/mol. The smallest absolute Gasteiger partial charge is 0.108 e. The van der Waals surface area contributed by atoms with Crippen LogP contribution in [0.5, 0.6) is 0 Å². The molecule has 5 heteroatoms. The van der Waals surface area contributed by atoms with Crippen molar-refractivity contribution in [2.45, 2.75) is 20.3 Å². The van der Waals surface area contributed by atoms with Gasteiger partial charge in [-0.05, 0) is 31.7 Å². The van der Waals surface area contributed by atoms with Gasteiger partial charge in [-0.2, -0.15) is 5.26 Å². The van der Waals surface area contributed by atoms with Gasteiger partial charge in [0, 0.05) is 25.2 Å². The number of hydrogen-bond acceptors (Lipinski definition) is 4. The van der Waals surface area contributed by atoms with Gasteiger partial charge in [0.1, 0.15) is 5.82 Å². The van der Waals surface area contributed by atoms with Crippen LogP contribution in [0.15, 0.2) is 18.2 Å². The van der Waals surface area contributed by atoms with Crippen LogP contribution in [0.1, 0.15) is 19.7 Å². The third-order valence-electron chi connectivity index (χ3n) is 3.42. The second-order valence-corrected chi connectivity index (χ2v) is 5.13. The molecule has 0 saturated carbocycles. The maximum absolute atomic E-state index is 8.88. The summed E-state index contributed by atoms with van der Waals surface area (Å²) in [6.07, 6.45) is 0.848. The van der Waals surface area contributed by atoms with Crippen LogP contribution in [0.25, 0.3) is 11.0 Å². The second kappa shape index (κ2) is 6.40. The van der Waals surface area contributed by atoms with Gasteiger partial charge in [0.05, 0.1) is 23.0 Å². The number of hydrogen-bond donors (Lipinski definition) is 2. The molecule has 1 heterocycles. The Morgan fingerprint density at radius 1 is 1.50 bits per heavy atom. The van der Waals surface area contributed by atoms with Crippen molar-refractivity contribution in [1.29, 1.82) is 5.26 Å². The fraction of sp³-hybridized carbons (Fsp3) is 0.467. The van der Waals surface area contributed by atoms with Crippen molar-refractivity contribution in [3.8, 4) is 6.07 Å². The number of aromatic nitrogens is 2. The first-order valence-corrected chi connectivity index (χ1v) is 6.98. The minimum absolute atomic E-state index is 0.0606. The lowest BCUT2D eigenvalue weighted by Crippen LogP contribution is -2.30. The molecule has 1 unspecified atom stereocenters. The predicted molar refractivity (Wildman–Crippen MR) is 81.1 cm³/mol. The van der Waals surface area contributed by atoms with Gasteiger partial charge >= 0.3 is 0 Å². The molecule has 1 aromatic carbocycles. The Morgan fingerprint density at radius 3 is 3.00 bits per heavy atom. The molecule has 5 nitrogen and oxygen atoms in total. The molecule has 106 valence electrons. The first kappa shape index (κ1) is 14.4. The highest BCUT2D eigenvalue weighted by atomic mass is 15.1. The van der Waals surface area contributed by atoms with Gasteiger partial charge in [0.25, 0.3) is 0 Å². The molecule has 0 spiro atoms. The van der Waals surface area contributed by atoms with Gasteiger partial charge in [-0.25, -0.2) is 4.98 Å². The highest BCUT2D eigenvalue weighted by Crippen LogP contribution is 2.15. The first-order valence-electron chi connectivity index (χ1n) is 6.98. The summed E-state index contributed by atoms with van der Waals surface area (Å²) in [6, 6.07) is 7.97. The van der Waals surface area contributed by atoms with Gasteiger partial charge in [-0.15, -0.1) is 0 Å². The van der Waals surface area contributed by atoms with Crippen LogP contribution >= 0.6 is 0 Å². The van der Waals surface area contributed by atoms with E-state index < -0.39 is 0 Å². The third-order valence-corrected chi connectivity index (χ3v) is 3.42. The summed E-state index contributed by atoms with van der Waals surface area (Å²) >= 11 is 0. The Hall–Kier alpha value is -2.06. The number of aromatic amines is 1. The Bertz CT molecular complexity index is 610. The van der Waals surface area contributed by atoms with E-state index in [0.29, 0.717) is 0 Å². The number of nitrogens with two attached hydrogens (primary N) is 1. The maximum Gasteiger partial charge on any atom is 0.108 e. The summed E-state index contributed by atoms with van der Waals surface area (Å²) in [4.78, 5) is 10.1. The van der Waals surface area contributed by atoms with Gasteiger partial charge in [-0.3, -0.25) is 0 Å². The lowest BCUT2D eigenvalue weighted by atomic mass is 10.2. The van der Waals surface area contributed by atoms with E-state index in [0.717, 1.165) is 48.6 Å². The molecule has 1 aromatic heterocycles. The molecule has 0 amide bonds. The Morgan fingerprint density at radius 2 is 2.30 bits per heavy atom. The van der Waals surface area contributed by atoms with Crippen molar-refractivity contribution >= 4 is 16.7 Å². The number of benzene rings is 1.